The molecule has 0 nitrogen and oxygen atoms in total. The number of hydrogen-bond donors (Lipinski definition) is 0. The second kappa shape index (κ2) is 2.74. The maximum absolute atomic E-state index is 13.4. The van der Waals surface area contributed by atoms with Crippen molar-refractivity contribution in [3.05, 3.63) is 11.7 Å². The Hall–Kier alpha value is -0.540. The summed E-state index contributed by atoms with van der Waals surface area (Å²) in [4.78, 5) is 0. The van der Waals surface area contributed by atoms with Crippen molar-refractivity contribution in [2.24, 2.45) is 10.8 Å². The highest BCUT2D eigenvalue weighted by Crippen LogP contribution is 2.62. The first kappa shape index (κ1) is 9.99. The smallest absolute Gasteiger partial charge is 0.209 e. The zero-order chi connectivity index (χ0) is 10.6. The van der Waals surface area contributed by atoms with Crippen molar-refractivity contribution in [2.75, 3.05) is 0 Å². The molecule has 0 aliphatic heterocycles. The molecule has 3 aliphatic carbocycles. The minimum absolute atomic E-state index is 0.0699. The van der Waals surface area contributed by atoms with Gasteiger partial charge in [-0.15, -0.1) is 0 Å². The van der Waals surface area contributed by atoms with Crippen molar-refractivity contribution in [1.29, 1.82) is 0 Å². The average molecular weight is 208 g/mol. The van der Waals surface area contributed by atoms with Crippen molar-refractivity contribution >= 4 is 0 Å². The zero-order valence-electron chi connectivity index (χ0n) is 7.92. The topological polar surface area (TPSA) is 0 Å². The van der Waals surface area contributed by atoms with Crippen LogP contribution in [0, 0.1) is 10.8 Å². The first-order valence-electron chi connectivity index (χ1n) is 4.77. The normalized spacial score (nSPS) is 42.4. The fourth-order valence-electron chi connectivity index (χ4n) is 2.48. The number of alkyl halides is 2. The number of rotatable bonds is 1. The largest absolute Gasteiger partial charge is 0.250 e. The van der Waals surface area contributed by atoms with Gasteiger partial charge in [0.05, 0.1) is 5.41 Å². The molecule has 3 rings (SSSR count). The van der Waals surface area contributed by atoms with Crippen LogP contribution < -0.4 is 0 Å². The molecule has 1 saturated carbocycles. The first-order valence-corrected chi connectivity index (χ1v) is 4.77. The van der Waals surface area contributed by atoms with Gasteiger partial charge in [-0.3, -0.25) is 0 Å². The van der Waals surface area contributed by atoms with E-state index in [-0.39, 0.29) is 12.8 Å². The third kappa shape index (κ3) is 0.997. The van der Waals surface area contributed by atoms with E-state index in [1.807, 2.05) is 0 Å². The van der Waals surface area contributed by atoms with E-state index in [0.717, 1.165) is 0 Å². The highest BCUT2D eigenvalue weighted by molar-refractivity contribution is 5.26. The molecular weight excluding hydrogens is 196 g/mol. The fraction of sp³-hybridized carbons (Fsp3) is 0.800. The summed E-state index contributed by atoms with van der Waals surface area (Å²) in [5.74, 6) is -2.12. The van der Waals surface area contributed by atoms with Crippen molar-refractivity contribution in [3.8, 4) is 0 Å². The molecule has 14 heavy (non-hydrogen) atoms. The van der Waals surface area contributed by atoms with Crippen LogP contribution in [0.1, 0.15) is 32.6 Å². The molecule has 0 amide bonds. The molecule has 0 unspecified atom stereocenters. The molecule has 0 spiro atoms. The van der Waals surface area contributed by atoms with Gasteiger partial charge in [0.2, 0.25) is 0 Å². The van der Waals surface area contributed by atoms with Gasteiger partial charge in [-0.05, 0) is 25.7 Å². The molecule has 0 atom stereocenters. The standard InChI is InChI=1S/C10H12F4/c1-9-2-4-10(5-3-9,8(13)14)7(12)6(9)11/h8H,2-5H2,1H3. The van der Waals surface area contributed by atoms with Crippen LogP contribution in [-0.2, 0) is 0 Å². The second-order valence-electron chi connectivity index (χ2n) is 4.65. The Morgan fingerprint density at radius 2 is 1.50 bits per heavy atom. The molecule has 2 bridgehead atoms. The van der Waals surface area contributed by atoms with Crippen LogP contribution in [0.5, 0.6) is 0 Å². The van der Waals surface area contributed by atoms with Crippen LogP contribution in [0.3, 0.4) is 0 Å². The van der Waals surface area contributed by atoms with Crippen molar-refractivity contribution in [1.82, 2.24) is 0 Å². The molecule has 0 aromatic carbocycles. The van der Waals surface area contributed by atoms with E-state index < -0.39 is 28.9 Å². The van der Waals surface area contributed by atoms with E-state index in [1.165, 1.54) is 0 Å². The Balaban J connectivity index is 2.50. The maximum atomic E-state index is 13.4. The molecule has 0 radical (unpaired) electrons. The number of fused-ring (bicyclic) bond motifs is 2. The zero-order valence-corrected chi connectivity index (χ0v) is 7.92. The van der Waals surface area contributed by atoms with Crippen LogP contribution in [0.2, 0.25) is 0 Å². The molecule has 1 fully saturated rings. The number of allylic oxidation sites excluding steroid dienone is 2. The van der Waals surface area contributed by atoms with Crippen molar-refractivity contribution in [3.63, 3.8) is 0 Å². The molecule has 0 N–H and O–H groups in total. The van der Waals surface area contributed by atoms with E-state index in [2.05, 4.69) is 0 Å². The Bertz CT molecular complexity index is 284. The Morgan fingerprint density at radius 1 is 1.00 bits per heavy atom. The third-order valence-corrected chi connectivity index (χ3v) is 3.82. The summed E-state index contributed by atoms with van der Waals surface area (Å²) in [6.45, 7) is 1.61. The van der Waals surface area contributed by atoms with E-state index in [0.29, 0.717) is 12.8 Å². The van der Waals surface area contributed by atoms with Gasteiger partial charge in [0.1, 0.15) is 11.7 Å². The van der Waals surface area contributed by atoms with E-state index in [9.17, 15) is 17.6 Å². The van der Waals surface area contributed by atoms with Gasteiger partial charge >= 0.3 is 0 Å². The highest BCUT2D eigenvalue weighted by atomic mass is 19.3. The average Bonchev–Trinajstić information content (AvgIpc) is 2.14. The van der Waals surface area contributed by atoms with Gasteiger partial charge in [0.15, 0.2) is 0 Å². The molecular formula is C10H12F4. The van der Waals surface area contributed by atoms with Crippen molar-refractivity contribution in [2.45, 2.75) is 39.0 Å². The van der Waals surface area contributed by atoms with Crippen LogP contribution in [0.4, 0.5) is 17.6 Å². The van der Waals surface area contributed by atoms with Gasteiger partial charge in [0, 0.05) is 5.41 Å². The van der Waals surface area contributed by atoms with Gasteiger partial charge in [0.25, 0.3) is 6.43 Å². The van der Waals surface area contributed by atoms with E-state index in [4.69, 9.17) is 0 Å². The highest BCUT2D eigenvalue weighted by Gasteiger charge is 2.57. The lowest BCUT2D eigenvalue weighted by molar-refractivity contribution is -0.0625. The van der Waals surface area contributed by atoms with Crippen LogP contribution in [0.15, 0.2) is 11.7 Å². The SMILES string of the molecule is CC12CCC(C(F)F)(CC1)C(F)=C2F. The lowest BCUT2D eigenvalue weighted by Gasteiger charge is -2.48. The van der Waals surface area contributed by atoms with Crippen LogP contribution in [0.25, 0.3) is 0 Å². The molecule has 4 heteroatoms. The third-order valence-electron chi connectivity index (χ3n) is 3.82. The monoisotopic (exact) mass is 208 g/mol. The molecule has 0 aromatic heterocycles. The summed E-state index contributed by atoms with van der Waals surface area (Å²) in [6.07, 6.45) is -1.99. The predicted molar refractivity (Wildman–Crippen MR) is 44.3 cm³/mol. The summed E-state index contributed by atoms with van der Waals surface area (Å²) in [6, 6.07) is 0. The van der Waals surface area contributed by atoms with Crippen LogP contribution >= 0.6 is 0 Å². The Kier molecular flexibility index (Phi) is 1.95. The summed E-state index contributed by atoms with van der Waals surface area (Å²) in [5.41, 5.74) is -2.62. The first-order chi connectivity index (χ1) is 6.42. The van der Waals surface area contributed by atoms with Gasteiger partial charge in [-0.25, -0.2) is 17.6 Å². The maximum Gasteiger partial charge on any atom is 0.250 e. The minimum Gasteiger partial charge on any atom is -0.209 e. The quantitative estimate of drug-likeness (QED) is 0.572. The Morgan fingerprint density at radius 3 is 1.93 bits per heavy atom. The number of hydrogen-bond acceptors (Lipinski definition) is 0. The van der Waals surface area contributed by atoms with E-state index >= 15 is 0 Å². The molecule has 3 aliphatic rings. The molecule has 0 heterocycles. The van der Waals surface area contributed by atoms with E-state index in [1.54, 1.807) is 6.92 Å². The lowest BCUT2D eigenvalue weighted by atomic mass is 9.58. The summed E-state index contributed by atoms with van der Waals surface area (Å²) in [7, 11) is 0. The minimum atomic E-state index is -2.79. The van der Waals surface area contributed by atoms with Crippen LogP contribution in [-0.4, -0.2) is 6.43 Å². The van der Waals surface area contributed by atoms with Gasteiger partial charge in [-0.1, -0.05) is 6.92 Å². The number of halogens is 4. The fourth-order valence-corrected chi connectivity index (χ4v) is 2.48. The lowest BCUT2D eigenvalue weighted by Crippen LogP contribution is -2.44. The molecule has 80 valence electrons. The van der Waals surface area contributed by atoms with Crippen molar-refractivity contribution < 1.29 is 17.6 Å². The second-order valence-corrected chi connectivity index (χ2v) is 4.65. The van der Waals surface area contributed by atoms with Gasteiger partial charge in [-0.2, -0.15) is 0 Å². The summed E-state index contributed by atoms with van der Waals surface area (Å²) in [5, 5.41) is 0. The molecule has 0 saturated heterocycles. The molecule has 0 aromatic rings. The summed E-state index contributed by atoms with van der Waals surface area (Å²) >= 11 is 0. The summed E-state index contributed by atoms with van der Waals surface area (Å²) < 4.78 is 52.3. The predicted octanol–water partition coefficient (Wildman–Crippen LogP) is 3.98. The Labute approximate surface area is 80.0 Å². The van der Waals surface area contributed by atoms with Gasteiger partial charge < -0.3 is 0 Å².